The third-order valence-corrected chi connectivity index (χ3v) is 7.14. The second kappa shape index (κ2) is 6.77. The van der Waals surface area contributed by atoms with Gasteiger partial charge in [0.1, 0.15) is 0 Å². The van der Waals surface area contributed by atoms with Crippen LogP contribution in [0.5, 0.6) is 0 Å². The largest absolute Gasteiger partial charge is 0.294 e. The summed E-state index contributed by atoms with van der Waals surface area (Å²) in [5, 5.41) is 0.309. The minimum absolute atomic E-state index is 0.0403. The molecule has 0 amide bonds. The van der Waals surface area contributed by atoms with Crippen LogP contribution in [0.1, 0.15) is 25.0 Å². The Morgan fingerprint density at radius 1 is 0.955 bits per heavy atom. The van der Waals surface area contributed by atoms with Crippen LogP contribution in [0, 0.1) is 0 Å². The minimum atomic E-state index is -4.09. The maximum Gasteiger partial charge on any atom is 0.294 e. The van der Waals surface area contributed by atoms with Crippen molar-refractivity contribution in [1.29, 1.82) is 0 Å². The fraction of sp³-hybridized carbons (Fsp3) is 0.294. The highest BCUT2D eigenvalue weighted by atomic mass is 32.2. The molecule has 0 heterocycles. The molecule has 0 saturated carbocycles. The average molecular weight is 335 g/mol. The van der Waals surface area contributed by atoms with Gasteiger partial charge in [0, 0.05) is 9.52 Å². The quantitative estimate of drug-likeness (QED) is 0.652. The van der Waals surface area contributed by atoms with Crippen molar-refractivity contribution in [2.75, 3.05) is 0 Å². The van der Waals surface area contributed by atoms with Crippen molar-refractivity contribution in [2.45, 2.75) is 36.2 Å². The molecule has 5 heteroatoms. The van der Waals surface area contributed by atoms with Gasteiger partial charge < -0.3 is 0 Å². The molecule has 1 N–H and O–H groups in total. The lowest BCUT2D eigenvalue weighted by molar-refractivity contribution is 0.483. The highest BCUT2D eigenvalue weighted by molar-refractivity contribution is 7.85. The number of hydrogen-bond acceptors (Lipinski definition) is 2. The number of hydrogen-bond donors (Lipinski definition) is 1. The van der Waals surface area contributed by atoms with Crippen molar-refractivity contribution in [2.24, 2.45) is 0 Å². The second-order valence-corrected chi connectivity index (χ2v) is 10.8. The molecule has 0 aliphatic carbocycles. The lowest BCUT2D eigenvalue weighted by Crippen LogP contribution is -2.18. The predicted octanol–water partition coefficient (Wildman–Crippen LogP) is 3.04. The van der Waals surface area contributed by atoms with Gasteiger partial charge in [-0.3, -0.25) is 4.55 Å². The van der Waals surface area contributed by atoms with Gasteiger partial charge in [0.15, 0.2) is 0 Å². The molecule has 0 fully saturated rings. The summed E-state index contributed by atoms with van der Waals surface area (Å²) in [6.07, 6.45) is 1.07. The third-order valence-electron chi connectivity index (χ3n) is 3.84. The lowest BCUT2D eigenvalue weighted by atomic mass is 10.0. The Hall–Kier alpha value is -1.43. The van der Waals surface area contributed by atoms with Crippen molar-refractivity contribution >= 4 is 19.6 Å². The molecule has 0 radical (unpaired) electrons. The maximum absolute atomic E-state index is 11.0. The van der Waals surface area contributed by atoms with Crippen LogP contribution in [0.2, 0.25) is 5.04 Å². The molecule has 3 nitrogen and oxygen atoms in total. The van der Waals surface area contributed by atoms with Crippen LogP contribution in [0.3, 0.4) is 0 Å². The summed E-state index contributed by atoms with van der Waals surface area (Å²) in [5.41, 5.74) is 2.50. The number of benzene rings is 2. The van der Waals surface area contributed by atoms with Crippen LogP contribution in [0.25, 0.3) is 0 Å². The van der Waals surface area contributed by atoms with Crippen molar-refractivity contribution < 1.29 is 13.0 Å². The van der Waals surface area contributed by atoms with Crippen molar-refractivity contribution in [3.8, 4) is 0 Å². The molecule has 0 bridgehead atoms. The van der Waals surface area contributed by atoms with Crippen LogP contribution < -0.4 is 0 Å². The Morgan fingerprint density at radius 2 is 1.55 bits per heavy atom. The average Bonchev–Trinajstić information content (AvgIpc) is 2.45. The van der Waals surface area contributed by atoms with Gasteiger partial charge in [-0.05, 0) is 35.2 Å². The van der Waals surface area contributed by atoms with Gasteiger partial charge in [-0.1, -0.05) is 61.9 Å². The van der Waals surface area contributed by atoms with E-state index in [2.05, 4.69) is 38.1 Å². The van der Waals surface area contributed by atoms with E-state index in [4.69, 9.17) is 4.55 Å². The summed E-state index contributed by atoms with van der Waals surface area (Å²) in [5.74, 6) is 0. The van der Waals surface area contributed by atoms with Gasteiger partial charge in [0.2, 0.25) is 0 Å². The van der Waals surface area contributed by atoms with Crippen molar-refractivity contribution in [1.82, 2.24) is 0 Å². The molecule has 22 heavy (non-hydrogen) atoms. The summed E-state index contributed by atoms with van der Waals surface area (Å²) in [6, 6.07) is 18.1. The lowest BCUT2D eigenvalue weighted by Gasteiger charge is -2.24. The van der Waals surface area contributed by atoms with E-state index in [9.17, 15) is 8.42 Å². The molecular weight excluding hydrogens is 312 g/mol. The standard InChI is InChI=1S/C17H22O3SSi/c1-17(2,12-14-6-4-3-5-7-14)22-13-15-8-10-16(11-9-15)21(18,19)20/h3-11H,12-13,22H2,1-2H3,(H,18,19,20). The molecule has 2 rings (SSSR count). The molecule has 0 aliphatic rings. The Balaban J connectivity index is 1.97. The summed E-state index contributed by atoms with van der Waals surface area (Å²) in [4.78, 5) is -0.0403. The van der Waals surface area contributed by atoms with Gasteiger partial charge in [0.25, 0.3) is 10.1 Å². The van der Waals surface area contributed by atoms with Crippen LogP contribution in [-0.4, -0.2) is 22.5 Å². The van der Waals surface area contributed by atoms with Gasteiger partial charge >= 0.3 is 0 Å². The summed E-state index contributed by atoms with van der Waals surface area (Å²) < 4.78 is 31.0. The zero-order valence-electron chi connectivity index (χ0n) is 13.0. The highest BCUT2D eigenvalue weighted by Gasteiger charge is 2.19. The van der Waals surface area contributed by atoms with Gasteiger partial charge in [0.05, 0.1) is 4.90 Å². The normalized spacial score (nSPS) is 12.9. The van der Waals surface area contributed by atoms with E-state index in [0.29, 0.717) is 5.04 Å². The molecule has 0 aliphatic heterocycles. The first-order valence-corrected chi connectivity index (χ1v) is 10.5. The Labute approximate surface area is 135 Å². The molecule has 0 spiro atoms. The van der Waals surface area contributed by atoms with Crippen molar-refractivity contribution in [3.05, 3.63) is 65.7 Å². The fourth-order valence-corrected chi connectivity index (χ4v) is 4.79. The Bertz CT molecular complexity index is 707. The second-order valence-electron chi connectivity index (χ2n) is 6.45. The summed E-state index contributed by atoms with van der Waals surface area (Å²) in [7, 11) is -4.45. The van der Waals surface area contributed by atoms with E-state index in [1.807, 2.05) is 6.07 Å². The summed E-state index contributed by atoms with van der Waals surface area (Å²) >= 11 is 0. The molecular formula is C17H22O3SSi. The van der Waals surface area contributed by atoms with E-state index in [-0.39, 0.29) is 14.4 Å². The Kier molecular flexibility index (Phi) is 5.21. The fourth-order valence-electron chi connectivity index (χ4n) is 2.55. The molecule has 0 atom stereocenters. The van der Waals surface area contributed by atoms with Crippen molar-refractivity contribution in [3.63, 3.8) is 0 Å². The van der Waals surface area contributed by atoms with Gasteiger partial charge in [-0.15, -0.1) is 0 Å². The SMILES string of the molecule is CC(C)(Cc1ccccc1)[SiH2]Cc1ccc(S(=O)(=O)O)cc1. The van der Waals surface area contributed by atoms with E-state index in [1.54, 1.807) is 12.1 Å². The van der Waals surface area contributed by atoms with E-state index >= 15 is 0 Å². The number of rotatable bonds is 6. The van der Waals surface area contributed by atoms with Crippen LogP contribution in [0.15, 0.2) is 59.5 Å². The highest BCUT2D eigenvalue weighted by Crippen LogP contribution is 2.29. The molecule has 2 aromatic carbocycles. The zero-order valence-corrected chi connectivity index (χ0v) is 15.2. The smallest absolute Gasteiger partial charge is 0.282 e. The Morgan fingerprint density at radius 3 is 2.09 bits per heavy atom. The topological polar surface area (TPSA) is 54.4 Å². The van der Waals surface area contributed by atoms with Gasteiger partial charge in [-0.2, -0.15) is 8.42 Å². The first-order chi connectivity index (χ1) is 10.3. The van der Waals surface area contributed by atoms with Gasteiger partial charge in [-0.25, -0.2) is 0 Å². The van der Waals surface area contributed by atoms with Crippen LogP contribution in [0.4, 0.5) is 0 Å². The maximum atomic E-state index is 11.0. The predicted molar refractivity (Wildman–Crippen MR) is 92.7 cm³/mol. The first kappa shape index (κ1) is 16.9. The third kappa shape index (κ3) is 5.09. The molecule has 2 aromatic rings. The molecule has 0 aromatic heterocycles. The van der Waals surface area contributed by atoms with E-state index in [1.165, 1.54) is 17.7 Å². The van der Waals surface area contributed by atoms with E-state index in [0.717, 1.165) is 18.0 Å². The zero-order chi connectivity index (χ0) is 16.2. The van der Waals surface area contributed by atoms with Crippen LogP contribution >= 0.6 is 0 Å². The molecule has 0 unspecified atom stereocenters. The van der Waals surface area contributed by atoms with Crippen LogP contribution in [-0.2, 0) is 22.6 Å². The molecule has 118 valence electrons. The minimum Gasteiger partial charge on any atom is -0.282 e. The molecule has 0 saturated heterocycles. The summed E-state index contributed by atoms with van der Waals surface area (Å²) in [6.45, 7) is 4.61. The van der Waals surface area contributed by atoms with E-state index < -0.39 is 10.1 Å². The first-order valence-electron chi connectivity index (χ1n) is 7.37. The monoisotopic (exact) mass is 334 g/mol.